The highest BCUT2D eigenvalue weighted by Gasteiger charge is 2.11. The van der Waals surface area contributed by atoms with Crippen LogP contribution in [0.1, 0.15) is 34.3 Å². The van der Waals surface area contributed by atoms with Crippen LogP contribution in [0, 0.1) is 19.7 Å². The third kappa shape index (κ3) is 2.89. The second kappa shape index (κ2) is 4.88. The average molecular weight is 224 g/mol. The van der Waals surface area contributed by atoms with E-state index in [1.165, 1.54) is 12.1 Å². The third-order valence-electron chi connectivity index (χ3n) is 2.32. The fourth-order valence-corrected chi connectivity index (χ4v) is 1.47. The molecular formula is C12H13FO3. The Balaban J connectivity index is 2.88. The number of carbonyl (C=O) groups excluding carboxylic acids is 1. The van der Waals surface area contributed by atoms with E-state index in [0.29, 0.717) is 16.7 Å². The Morgan fingerprint density at radius 2 is 1.69 bits per heavy atom. The van der Waals surface area contributed by atoms with Crippen molar-refractivity contribution in [3.8, 4) is 0 Å². The van der Waals surface area contributed by atoms with E-state index in [-0.39, 0.29) is 24.4 Å². The summed E-state index contributed by atoms with van der Waals surface area (Å²) in [5.41, 5.74) is 1.18. The standard InChI is InChI=1S/C12H13FO3/c1-7-5-9(6-8(2)12(7)13)10(14)3-4-11(15)16/h5-6H,3-4H2,1-2H3,(H,15,16). The van der Waals surface area contributed by atoms with Gasteiger partial charge in [0.2, 0.25) is 0 Å². The van der Waals surface area contributed by atoms with Crippen molar-refractivity contribution < 1.29 is 19.1 Å². The van der Waals surface area contributed by atoms with Crippen molar-refractivity contribution >= 4 is 11.8 Å². The second-order valence-corrected chi connectivity index (χ2v) is 3.74. The molecule has 86 valence electrons. The Labute approximate surface area is 92.9 Å². The number of Topliss-reactive ketones (excluding diaryl/α,β-unsaturated/α-hetero) is 1. The van der Waals surface area contributed by atoms with E-state index < -0.39 is 5.97 Å². The molecule has 0 spiro atoms. The minimum absolute atomic E-state index is 0.0557. The maximum Gasteiger partial charge on any atom is 0.303 e. The smallest absolute Gasteiger partial charge is 0.303 e. The lowest BCUT2D eigenvalue weighted by Gasteiger charge is -2.05. The lowest BCUT2D eigenvalue weighted by atomic mass is 10.0. The van der Waals surface area contributed by atoms with Gasteiger partial charge in [-0.25, -0.2) is 4.39 Å². The van der Waals surface area contributed by atoms with Crippen molar-refractivity contribution in [2.75, 3.05) is 0 Å². The first kappa shape index (κ1) is 12.4. The molecule has 0 saturated heterocycles. The molecule has 0 heterocycles. The number of carboxylic acid groups (broad SMARTS) is 1. The summed E-state index contributed by atoms with van der Waals surface area (Å²) in [6.45, 7) is 3.16. The van der Waals surface area contributed by atoms with E-state index in [1.54, 1.807) is 13.8 Å². The van der Waals surface area contributed by atoms with Gasteiger partial charge in [0.15, 0.2) is 5.78 Å². The summed E-state index contributed by atoms with van der Waals surface area (Å²) in [4.78, 5) is 21.9. The van der Waals surface area contributed by atoms with Gasteiger partial charge in [-0.05, 0) is 37.1 Å². The number of carboxylic acids is 1. The number of aryl methyl sites for hydroxylation is 2. The number of benzene rings is 1. The first-order chi connectivity index (χ1) is 7.41. The number of hydrogen-bond acceptors (Lipinski definition) is 2. The lowest BCUT2D eigenvalue weighted by molar-refractivity contribution is -0.136. The molecule has 3 nitrogen and oxygen atoms in total. The Morgan fingerprint density at radius 3 is 2.12 bits per heavy atom. The van der Waals surface area contributed by atoms with Crippen LogP contribution in [-0.4, -0.2) is 16.9 Å². The number of rotatable bonds is 4. The summed E-state index contributed by atoms with van der Waals surface area (Å²) in [7, 11) is 0. The highest BCUT2D eigenvalue weighted by molar-refractivity contribution is 5.97. The van der Waals surface area contributed by atoms with E-state index in [2.05, 4.69) is 0 Å². The molecule has 1 rings (SSSR count). The predicted octanol–water partition coefficient (Wildman–Crippen LogP) is 2.49. The SMILES string of the molecule is Cc1cc(C(=O)CCC(=O)O)cc(C)c1F. The summed E-state index contributed by atoms with van der Waals surface area (Å²) < 4.78 is 13.3. The van der Waals surface area contributed by atoms with E-state index in [0.717, 1.165) is 0 Å². The quantitative estimate of drug-likeness (QED) is 0.799. The molecule has 0 bridgehead atoms. The van der Waals surface area contributed by atoms with Crippen LogP contribution in [0.4, 0.5) is 4.39 Å². The van der Waals surface area contributed by atoms with Crippen LogP contribution < -0.4 is 0 Å². The molecule has 4 heteroatoms. The van der Waals surface area contributed by atoms with E-state index >= 15 is 0 Å². The maximum atomic E-state index is 13.3. The van der Waals surface area contributed by atoms with Crippen LogP contribution in [0.25, 0.3) is 0 Å². The van der Waals surface area contributed by atoms with E-state index in [9.17, 15) is 14.0 Å². The van der Waals surface area contributed by atoms with Crippen molar-refractivity contribution in [2.24, 2.45) is 0 Å². The molecule has 0 aliphatic rings. The minimum atomic E-state index is -1.01. The maximum absolute atomic E-state index is 13.3. The normalized spacial score (nSPS) is 10.2. The zero-order chi connectivity index (χ0) is 12.3. The summed E-state index contributed by atoms with van der Waals surface area (Å²) in [6.07, 6.45) is -0.256. The van der Waals surface area contributed by atoms with Crippen LogP contribution in [0.3, 0.4) is 0 Å². The molecule has 0 aromatic heterocycles. The Bertz CT molecular complexity index is 415. The van der Waals surface area contributed by atoms with E-state index in [4.69, 9.17) is 5.11 Å². The number of halogens is 1. The number of ketones is 1. The van der Waals surface area contributed by atoms with Crippen molar-refractivity contribution in [1.82, 2.24) is 0 Å². The van der Waals surface area contributed by atoms with Gasteiger partial charge in [0.1, 0.15) is 5.82 Å². The molecule has 0 atom stereocenters. The van der Waals surface area contributed by atoms with Crippen LogP contribution in [0.15, 0.2) is 12.1 Å². The van der Waals surface area contributed by atoms with Crippen molar-refractivity contribution in [3.05, 3.63) is 34.6 Å². The molecule has 0 aliphatic heterocycles. The van der Waals surface area contributed by atoms with Crippen LogP contribution in [0.2, 0.25) is 0 Å². The monoisotopic (exact) mass is 224 g/mol. The summed E-state index contributed by atoms with van der Waals surface area (Å²) in [5.74, 6) is -1.60. The molecule has 1 aromatic rings. The molecule has 1 aromatic carbocycles. The zero-order valence-electron chi connectivity index (χ0n) is 9.21. The average Bonchev–Trinajstić information content (AvgIpc) is 2.21. The van der Waals surface area contributed by atoms with Crippen LogP contribution >= 0.6 is 0 Å². The van der Waals surface area contributed by atoms with Gasteiger partial charge in [-0.3, -0.25) is 9.59 Å². The zero-order valence-corrected chi connectivity index (χ0v) is 9.21. The topological polar surface area (TPSA) is 54.4 Å². The Kier molecular flexibility index (Phi) is 3.77. The van der Waals surface area contributed by atoms with Gasteiger partial charge in [-0.1, -0.05) is 0 Å². The van der Waals surface area contributed by atoms with Crippen molar-refractivity contribution in [1.29, 1.82) is 0 Å². The van der Waals surface area contributed by atoms with E-state index in [1.807, 2.05) is 0 Å². The fourth-order valence-electron chi connectivity index (χ4n) is 1.47. The van der Waals surface area contributed by atoms with Gasteiger partial charge >= 0.3 is 5.97 Å². The molecule has 0 unspecified atom stereocenters. The largest absolute Gasteiger partial charge is 0.481 e. The fraction of sp³-hybridized carbons (Fsp3) is 0.333. The molecule has 0 aliphatic carbocycles. The lowest BCUT2D eigenvalue weighted by Crippen LogP contribution is -2.05. The summed E-state index contributed by atoms with van der Waals surface area (Å²) in [6, 6.07) is 2.90. The molecule has 0 fully saturated rings. The Morgan fingerprint density at radius 1 is 1.19 bits per heavy atom. The van der Waals surface area contributed by atoms with Gasteiger partial charge < -0.3 is 5.11 Å². The molecule has 0 amide bonds. The predicted molar refractivity (Wildman–Crippen MR) is 57.1 cm³/mol. The van der Waals surface area contributed by atoms with Crippen molar-refractivity contribution in [2.45, 2.75) is 26.7 Å². The first-order valence-electron chi connectivity index (χ1n) is 4.93. The van der Waals surface area contributed by atoms with Gasteiger partial charge in [-0.2, -0.15) is 0 Å². The Hall–Kier alpha value is -1.71. The molecule has 0 saturated carbocycles. The van der Waals surface area contributed by atoms with Crippen molar-refractivity contribution in [3.63, 3.8) is 0 Å². The number of carbonyl (C=O) groups is 2. The van der Waals surface area contributed by atoms with Gasteiger partial charge in [0, 0.05) is 12.0 Å². The minimum Gasteiger partial charge on any atom is -0.481 e. The molecule has 0 radical (unpaired) electrons. The number of hydrogen-bond donors (Lipinski definition) is 1. The highest BCUT2D eigenvalue weighted by atomic mass is 19.1. The summed E-state index contributed by atoms with van der Waals surface area (Å²) >= 11 is 0. The number of aliphatic carboxylic acids is 1. The van der Waals surface area contributed by atoms with Gasteiger partial charge in [0.25, 0.3) is 0 Å². The highest BCUT2D eigenvalue weighted by Crippen LogP contribution is 2.16. The van der Waals surface area contributed by atoms with Crippen LogP contribution in [-0.2, 0) is 4.79 Å². The molecular weight excluding hydrogens is 211 g/mol. The second-order valence-electron chi connectivity index (χ2n) is 3.74. The summed E-state index contributed by atoms with van der Waals surface area (Å²) in [5, 5.41) is 8.45. The van der Waals surface area contributed by atoms with Gasteiger partial charge in [-0.15, -0.1) is 0 Å². The first-order valence-corrected chi connectivity index (χ1v) is 4.93. The molecule has 16 heavy (non-hydrogen) atoms. The van der Waals surface area contributed by atoms with Crippen LogP contribution in [0.5, 0.6) is 0 Å². The molecule has 1 N–H and O–H groups in total. The third-order valence-corrected chi connectivity index (χ3v) is 2.32. The van der Waals surface area contributed by atoms with Gasteiger partial charge in [0.05, 0.1) is 6.42 Å².